The van der Waals surface area contributed by atoms with Crippen LogP contribution in [0.25, 0.3) is 6.08 Å². The molecule has 112 valence electrons. The monoisotopic (exact) mass is 289 g/mol. The van der Waals surface area contributed by atoms with Gasteiger partial charge in [-0.15, -0.1) is 0 Å². The lowest BCUT2D eigenvalue weighted by atomic mass is 9.97. The van der Waals surface area contributed by atoms with Crippen LogP contribution in [0.3, 0.4) is 0 Å². The molecule has 1 fully saturated rings. The number of nitrogens with zero attached hydrogens (tertiary/aromatic N) is 1. The zero-order valence-electron chi connectivity index (χ0n) is 12.0. The minimum absolute atomic E-state index is 0.0818. The van der Waals surface area contributed by atoms with Crippen molar-refractivity contribution in [2.24, 2.45) is 5.92 Å². The number of hydrogen-bond acceptors (Lipinski definition) is 3. The number of amides is 1. The summed E-state index contributed by atoms with van der Waals surface area (Å²) >= 11 is 0. The molecule has 0 aromatic heterocycles. The number of carboxylic acid groups (broad SMARTS) is 1. The third-order valence-electron chi connectivity index (χ3n) is 3.67. The first-order valence-corrected chi connectivity index (χ1v) is 6.94. The molecule has 1 aromatic carbocycles. The summed E-state index contributed by atoms with van der Waals surface area (Å²) in [6, 6.07) is 7.45. The lowest BCUT2D eigenvalue weighted by Gasteiger charge is -2.29. The van der Waals surface area contributed by atoms with Gasteiger partial charge in [-0.1, -0.05) is 12.1 Å². The number of aliphatic carboxylic acids is 1. The van der Waals surface area contributed by atoms with Crippen molar-refractivity contribution in [2.75, 3.05) is 20.2 Å². The second kappa shape index (κ2) is 6.92. The molecule has 0 bridgehead atoms. The third kappa shape index (κ3) is 4.08. The Bertz CT molecular complexity index is 545. The predicted octanol–water partition coefficient (Wildman–Crippen LogP) is 2.03. The van der Waals surface area contributed by atoms with Gasteiger partial charge in [-0.25, -0.2) is 0 Å². The van der Waals surface area contributed by atoms with Gasteiger partial charge in [0.05, 0.1) is 13.0 Å². The van der Waals surface area contributed by atoms with E-state index < -0.39 is 5.97 Å². The maximum absolute atomic E-state index is 12.1. The van der Waals surface area contributed by atoms with Crippen molar-refractivity contribution >= 4 is 18.0 Å². The molecule has 0 radical (unpaired) electrons. The van der Waals surface area contributed by atoms with E-state index in [1.807, 2.05) is 24.3 Å². The fourth-order valence-corrected chi connectivity index (χ4v) is 2.36. The quantitative estimate of drug-likeness (QED) is 0.861. The predicted molar refractivity (Wildman–Crippen MR) is 79.0 cm³/mol. The minimum atomic E-state index is -0.769. The molecule has 1 aromatic rings. The lowest BCUT2D eigenvalue weighted by Crippen LogP contribution is -2.39. The Hall–Kier alpha value is -2.30. The molecule has 0 aliphatic carbocycles. The van der Waals surface area contributed by atoms with Crippen molar-refractivity contribution in [3.05, 3.63) is 35.9 Å². The first kappa shape index (κ1) is 15.1. The number of likely N-dealkylation sites (tertiary alicyclic amines) is 1. The van der Waals surface area contributed by atoms with Gasteiger partial charge in [0.25, 0.3) is 0 Å². The van der Waals surface area contributed by atoms with Crippen LogP contribution in [0.5, 0.6) is 5.75 Å². The molecule has 2 rings (SSSR count). The zero-order chi connectivity index (χ0) is 15.2. The number of benzene rings is 1. The number of ether oxygens (including phenoxy) is 1. The van der Waals surface area contributed by atoms with Crippen LogP contribution < -0.4 is 4.74 Å². The van der Waals surface area contributed by atoms with E-state index in [1.54, 1.807) is 18.1 Å². The van der Waals surface area contributed by atoms with Crippen LogP contribution in [0.1, 0.15) is 18.4 Å². The summed E-state index contributed by atoms with van der Waals surface area (Å²) in [5, 5.41) is 8.94. The largest absolute Gasteiger partial charge is 0.497 e. The third-order valence-corrected chi connectivity index (χ3v) is 3.67. The molecule has 5 heteroatoms. The van der Waals surface area contributed by atoms with Crippen molar-refractivity contribution < 1.29 is 19.4 Å². The van der Waals surface area contributed by atoms with Crippen molar-refractivity contribution in [1.29, 1.82) is 0 Å². The van der Waals surface area contributed by atoms with Crippen molar-refractivity contribution in [3.63, 3.8) is 0 Å². The van der Waals surface area contributed by atoms with Crippen LogP contribution in [0.15, 0.2) is 30.3 Å². The van der Waals surface area contributed by atoms with Gasteiger partial charge in [-0.2, -0.15) is 0 Å². The second-order valence-electron chi connectivity index (χ2n) is 5.05. The molecular weight excluding hydrogens is 270 g/mol. The highest BCUT2D eigenvalue weighted by molar-refractivity contribution is 5.92. The summed E-state index contributed by atoms with van der Waals surface area (Å²) in [5.74, 6) is -0.432. The summed E-state index contributed by atoms with van der Waals surface area (Å²) in [5.41, 5.74) is 0.892. The Morgan fingerprint density at radius 2 is 2.05 bits per heavy atom. The fraction of sp³-hybridized carbons (Fsp3) is 0.375. The van der Waals surface area contributed by atoms with Gasteiger partial charge in [-0.3, -0.25) is 9.59 Å². The van der Waals surface area contributed by atoms with E-state index >= 15 is 0 Å². The molecule has 0 spiro atoms. The van der Waals surface area contributed by atoms with E-state index in [0.717, 1.165) is 11.3 Å². The van der Waals surface area contributed by atoms with E-state index in [-0.39, 0.29) is 11.8 Å². The van der Waals surface area contributed by atoms with Crippen molar-refractivity contribution in [1.82, 2.24) is 4.90 Å². The normalized spacial score (nSPS) is 16.1. The molecular formula is C16H19NO4. The highest BCUT2D eigenvalue weighted by atomic mass is 16.5. The highest BCUT2D eigenvalue weighted by Crippen LogP contribution is 2.18. The van der Waals surface area contributed by atoms with E-state index in [9.17, 15) is 9.59 Å². The zero-order valence-corrected chi connectivity index (χ0v) is 12.0. The maximum atomic E-state index is 12.1. The molecule has 1 aliphatic rings. The number of carboxylic acids is 1. The van der Waals surface area contributed by atoms with Gasteiger partial charge in [0.15, 0.2) is 0 Å². The SMILES string of the molecule is COc1cccc(C=CC(=O)N2CCC(C(=O)O)CC2)c1. The van der Waals surface area contributed by atoms with Gasteiger partial charge >= 0.3 is 5.97 Å². The van der Waals surface area contributed by atoms with E-state index in [1.165, 1.54) is 6.08 Å². The van der Waals surface area contributed by atoms with Crippen LogP contribution in [-0.2, 0) is 9.59 Å². The second-order valence-corrected chi connectivity index (χ2v) is 5.05. The van der Waals surface area contributed by atoms with Crippen LogP contribution in [0, 0.1) is 5.92 Å². The van der Waals surface area contributed by atoms with Gasteiger partial charge in [0.1, 0.15) is 5.75 Å². The van der Waals surface area contributed by atoms with Gasteiger partial charge < -0.3 is 14.7 Å². The van der Waals surface area contributed by atoms with E-state index in [0.29, 0.717) is 25.9 Å². The Morgan fingerprint density at radius 1 is 1.33 bits per heavy atom. The minimum Gasteiger partial charge on any atom is -0.497 e. The first-order chi connectivity index (χ1) is 10.1. The number of carbonyl (C=O) groups is 2. The van der Waals surface area contributed by atoms with Crippen LogP contribution >= 0.6 is 0 Å². The fourth-order valence-electron chi connectivity index (χ4n) is 2.36. The highest BCUT2D eigenvalue weighted by Gasteiger charge is 2.25. The molecule has 1 aliphatic heterocycles. The maximum Gasteiger partial charge on any atom is 0.306 e. The Kier molecular flexibility index (Phi) is 4.98. The number of piperidine rings is 1. The average Bonchev–Trinajstić information content (AvgIpc) is 2.53. The van der Waals surface area contributed by atoms with Crippen LogP contribution in [-0.4, -0.2) is 42.1 Å². The summed E-state index contributed by atoms with van der Waals surface area (Å²) < 4.78 is 5.13. The summed E-state index contributed by atoms with van der Waals surface area (Å²) in [7, 11) is 1.60. The molecule has 0 unspecified atom stereocenters. The molecule has 21 heavy (non-hydrogen) atoms. The van der Waals surface area contributed by atoms with Gasteiger partial charge in [-0.05, 0) is 36.6 Å². The van der Waals surface area contributed by atoms with Crippen LogP contribution in [0.4, 0.5) is 0 Å². The summed E-state index contributed by atoms with van der Waals surface area (Å²) in [6.07, 6.45) is 4.31. The first-order valence-electron chi connectivity index (χ1n) is 6.94. The molecule has 1 heterocycles. The Labute approximate surface area is 123 Å². The molecule has 1 N–H and O–H groups in total. The topological polar surface area (TPSA) is 66.8 Å². The molecule has 5 nitrogen and oxygen atoms in total. The number of methoxy groups -OCH3 is 1. The number of hydrogen-bond donors (Lipinski definition) is 1. The van der Waals surface area contributed by atoms with Gasteiger partial charge in [0.2, 0.25) is 5.91 Å². The van der Waals surface area contributed by atoms with E-state index in [2.05, 4.69) is 0 Å². The standard InChI is InChI=1S/C16H19NO4/c1-21-14-4-2-3-12(11-14)5-6-15(18)17-9-7-13(8-10-17)16(19)20/h2-6,11,13H,7-10H2,1H3,(H,19,20). The Balaban J connectivity index is 1.92. The number of rotatable bonds is 4. The summed E-state index contributed by atoms with van der Waals surface area (Å²) in [6.45, 7) is 0.997. The Morgan fingerprint density at radius 3 is 2.67 bits per heavy atom. The summed E-state index contributed by atoms with van der Waals surface area (Å²) in [4.78, 5) is 24.6. The molecule has 0 atom stereocenters. The van der Waals surface area contributed by atoms with E-state index in [4.69, 9.17) is 9.84 Å². The van der Waals surface area contributed by atoms with Gasteiger partial charge in [0, 0.05) is 19.2 Å². The number of carbonyl (C=O) groups excluding carboxylic acids is 1. The van der Waals surface area contributed by atoms with Crippen molar-refractivity contribution in [2.45, 2.75) is 12.8 Å². The smallest absolute Gasteiger partial charge is 0.306 e. The molecule has 0 saturated carbocycles. The molecule has 1 amide bonds. The van der Waals surface area contributed by atoms with Crippen molar-refractivity contribution in [3.8, 4) is 5.75 Å². The van der Waals surface area contributed by atoms with Crippen LogP contribution in [0.2, 0.25) is 0 Å². The molecule has 1 saturated heterocycles. The average molecular weight is 289 g/mol. The lowest BCUT2D eigenvalue weighted by molar-refractivity contribution is -0.144.